The van der Waals surface area contributed by atoms with Crippen molar-refractivity contribution in [1.82, 2.24) is 0 Å². The van der Waals surface area contributed by atoms with Crippen molar-refractivity contribution in [3.05, 3.63) is 13.1 Å². The minimum absolute atomic E-state index is 0. The van der Waals surface area contributed by atoms with E-state index in [4.69, 9.17) is 23.7 Å². The van der Waals surface area contributed by atoms with E-state index in [1.54, 1.807) is 0 Å². The van der Waals surface area contributed by atoms with E-state index in [1.807, 2.05) is 0 Å². The van der Waals surface area contributed by atoms with Gasteiger partial charge in [0.2, 0.25) is 0 Å². The molecule has 40 valence electrons. The Morgan fingerprint density at radius 3 is 0.833 bits per heavy atom. The van der Waals surface area contributed by atoms with E-state index in [0.717, 1.165) is 0 Å². The Morgan fingerprint density at radius 1 is 0.833 bits per heavy atom. The van der Waals surface area contributed by atoms with Crippen LogP contribution in [-0.2, 0) is 34.1 Å². The van der Waals surface area contributed by atoms with Gasteiger partial charge in [-0.05, 0) is 0 Å². The maximum absolute atomic E-state index is 6.25. The molecule has 0 heterocycles. The topological polar surface area (TPSA) is 47.6 Å². The van der Waals surface area contributed by atoms with E-state index < -0.39 is 0 Å². The van der Waals surface area contributed by atoms with Gasteiger partial charge in [-0.15, -0.1) is 0 Å². The van der Waals surface area contributed by atoms with E-state index >= 15 is 0 Å². The first-order chi connectivity index (χ1) is 2.00. The van der Waals surface area contributed by atoms with Crippen LogP contribution in [0.5, 0.6) is 0 Å². The summed E-state index contributed by atoms with van der Waals surface area (Å²) in [6, 6.07) is 0. The Bertz CT molecular complexity index is 25.0. The van der Waals surface area contributed by atoms with Gasteiger partial charge < -0.3 is 23.7 Å². The maximum Gasteiger partial charge on any atom is 2.00 e. The van der Waals surface area contributed by atoms with Gasteiger partial charge in [-0.3, -0.25) is 0 Å². The second-order valence-electron chi connectivity index (χ2n) is 0. The van der Waals surface area contributed by atoms with E-state index in [2.05, 4.69) is 0 Å². The van der Waals surface area contributed by atoms with Crippen LogP contribution in [0.25, 0.3) is 0 Å². The van der Waals surface area contributed by atoms with E-state index in [0.29, 0.717) is 0 Å². The Labute approximate surface area is 58.1 Å². The Hall–Kier alpha value is 0.0190. The molecule has 0 saturated heterocycles. The molecule has 0 unspecified atom stereocenters. The van der Waals surface area contributed by atoms with Gasteiger partial charge in [-0.1, -0.05) is 0 Å². The summed E-state index contributed by atoms with van der Waals surface area (Å²) in [7, 11) is 0. The fraction of sp³-hybridized carbons (Fsp3) is 0. The van der Waals surface area contributed by atoms with Crippen molar-refractivity contribution in [2.75, 3.05) is 0 Å². The molecular formula is C2Cu2N2. The van der Waals surface area contributed by atoms with Crippen LogP contribution in [0.2, 0.25) is 0 Å². The molecule has 4 heteroatoms. The van der Waals surface area contributed by atoms with Crippen LogP contribution in [0.1, 0.15) is 0 Å². The van der Waals surface area contributed by atoms with Gasteiger partial charge in [0.25, 0.3) is 0 Å². The summed E-state index contributed by atoms with van der Waals surface area (Å²) in [5.74, 6) is 0. The molecule has 0 aromatic rings. The van der Waals surface area contributed by atoms with Crippen LogP contribution < -0.4 is 0 Å². The first-order valence-corrected chi connectivity index (χ1v) is 0.447. The summed E-state index contributed by atoms with van der Waals surface area (Å²) < 4.78 is 0. The third-order valence-electron chi connectivity index (χ3n) is 0. The van der Waals surface area contributed by atoms with Crippen molar-refractivity contribution in [1.29, 1.82) is 10.5 Å². The molecule has 0 spiro atoms. The first kappa shape index (κ1) is 37.2. The van der Waals surface area contributed by atoms with Crippen molar-refractivity contribution in [3.8, 4) is 0 Å². The molecule has 0 aliphatic rings. The first-order valence-electron chi connectivity index (χ1n) is 0.447. The SMILES string of the molecule is [C-]#N.[C-]#N.[Cu+2].[Cu]. The van der Waals surface area contributed by atoms with Crippen LogP contribution in [0.4, 0.5) is 0 Å². The monoisotopic (exact) mass is 178 g/mol. The summed E-state index contributed by atoms with van der Waals surface area (Å²) in [5, 5.41) is 12.5. The molecule has 2 nitrogen and oxygen atoms in total. The minimum Gasteiger partial charge on any atom is -0.512 e. The summed E-state index contributed by atoms with van der Waals surface area (Å²) in [4.78, 5) is 0. The molecule has 0 bridgehead atoms. The zero-order valence-electron chi connectivity index (χ0n) is 2.50. The molecular weight excluding hydrogens is 179 g/mol. The normalized spacial score (nSPS) is 0.667. The second-order valence-corrected chi connectivity index (χ2v) is 0. The van der Waals surface area contributed by atoms with Gasteiger partial charge in [-0.2, -0.15) is 0 Å². The minimum atomic E-state index is 0. The van der Waals surface area contributed by atoms with Gasteiger partial charge in [0.05, 0.1) is 0 Å². The maximum atomic E-state index is 6.25. The van der Waals surface area contributed by atoms with Crippen molar-refractivity contribution < 1.29 is 34.1 Å². The average Bonchev–Trinajstić information content (AvgIpc) is 1.50. The predicted molar refractivity (Wildman–Crippen MR) is 9.94 cm³/mol. The summed E-state index contributed by atoms with van der Waals surface area (Å²) in [6.45, 7) is 9.50. The Balaban J connectivity index is -0.00000000500. The van der Waals surface area contributed by atoms with E-state index in [9.17, 15) is 0 Å². The van der Waals surface area contributed by atoms with Crippen molar-refractivity contribution in [2.24, 2.45) is 0 Å². The molecule has 0 aliphatic carbocycles. The van der Waals surface area contributed by atoms with Gasteiger partial charge in [0.1, 0.15) is 0 Å². The van der Waals surface area contributed by atoms with Crippen molar-refractivity contribution in [2.45, 2.75) is 0 Å². The van der Waals surface area contributed by atoms with Gasteiger partial charge >= 0.3 is 17.1 Å². The quantitative estimate of drug-likeness (QED) is 0.393. The van der Waals surface area contributed by atoms with Crippen LogP contribution >= 0.6 is 0 Å². The van der Waals surface area contributed by atoms with Gasteiger partial charge in [0.15, 0.2) is 0 Å². The van der Waals surface area contributed by atoms with Gasteiger partial charge in [0, 0.05) is 17.1 Å². The summed E-state index contributed by atoms with van der Waals surface area (Å²) in [5.41, 5.74) is 0. The molecule has 0 aliphatic heterocycles. The summed E-state index contributed by atoms with van der Waals surface area (Å²) >= 11 is 0. The predicted octanol–water partition coefficient (Wildman–Crippen LogP) is 0.188. The molecule has 6 heavy (non-hydrogen) atoms. The van der Waals surface area contributed by atoms with Crippen LogP contribution in [0.3, 0.4) is 0 Å². The number of hydrogen-bond acceptors (Lipinski definition) is 2. The average molecular weight is 179 g/mol. The molecule has 0 fully saturated rings. The number of hydrogen-bond donors (Lipinski definition) is 0. The summed E-state index contributed by atoms with van der Waals surface area (Å²) in [6.07, 6.45) is 0. The third kappa shape index (κ3) is 102000. The molecule has 0 aromatic carbocycles. The van der Waals surface area contributed by atoms with E-state index in [1.165, 1.54) is 0 Å². The molecule has 0 amide bonds. The Kier molecular flexibility index (Phi) is 1400000. The number of rotatable bonds is 0. The molecule has 0 N–H and O–H groups in total. The molecule has 2 radical (unpaired) electrons. The van der Waals surface area contributed by atoms with E-state index in [-0.39, 0.29) is 34.1 Å². The van der Waals surface area contributed by atoms with Gasteiger partial charge in [-0.25, -0.2) is 0 Å². The van der Waals surface area contributed by atoms with Crippen molar-refractivity contribution in [3.63, 3.8) is 0 Å². The third-order valence-corrected chi connectivity index (χ3v) is 0. The second kappa shape index (κ2) is 225000. The fourth-order valence-corrected chi connectivity index (χ4v) is 0. The van der Waals surface area contributed by atoms with Crippen LogP contribution in [-0.4, -0.2) is 0 Å². The molecule has 0 atom stereocenters. The van der Waals surface area contributed by atoms with Crippen molar-refractivity contribution >= 4 is 0 Å². The largest absolute Gasteiger partial charge is 2.00 e. The number of nitrogens with zero attached hydrogens (tertiary/aromatic N) is 2. The zero-order chi connectivity index (χ0) is 4.00. The Morgan fingerprint density at radius 2 is 0.833 bits per heavy atom. The molecule has 0 aromatic heterocycles. The molecule has 0 rings (SSSR count). The standard InChI is InChI=1S/2CN.2Cu/c2*1-2;;/q2*-1;;+2. The smallest absolute Gasteiger partial charge is 0.512 e. The van der Waals surface area contributed by atoms with Crippen LogP contribution in [0, 0.1) is 23.7 Å². The van der Waals surface area contributed by atoms with Crippen LogP contribution in [0.15, 0.2) is 0 Å². The molecule has 0 saturated carbocycles. The zero-order valence-corrected chi connectivity index (χ0v) is 4.38. The fourth-order valence-electron chi connectivity index (χ4n) is 0.